The molecule has 3 aromatic carbocycles. The highest BCUT2D eigenvalue weighted by Crippen LogP contribution is 2.70. The van der Waals surface area contributed by atoms with Gasteiger partial charge in [0.15, 0.2) is 6.19 Å². The van der Waals surface area contributed by atoms with Gasteiger partial charge in [-0.25, -0.2) is 4.90 Å². The number of ether oxygens (including phenoxy) is 2. The maximum atomic E-state index is 14.3. The average Bonchev–Trinajstić information content (AvgIpc) is 3.76. The number of nitrogens with one attached hydrogen (secondary N) is 1. The number of nitriles is 1. The van der Waals surface area contributed by atoms with Gasteiger partial charge in [-0.15, -0.1) is 11.6 Å². The van der Waals surface area contributed by atoms with Crippen LogP contribution in [0.5, 0.6) is 0 Å². The van der Waals surface area contributed by atoms with Crippen LogP contribution < -0.4 is 15.1 Å². The number of alkyl halides is 1. The maximum Gasteiger partial charge on any atom is 0.268 e. The Morgan fingerprint density at radius 3 is 2.08 bits per heavy atom. The fraction of sp³-hybridized carbons (Fsp3) is 0.475. The van der Waals surface area contributed by atoms with E-state index in [4.69, 9.17) is 21.1 Å². The summed E-state index contributed by atoms with van der Waals surface area (Å²) >= 11 is 5.73. The van der Waals surface area contributed by atoms with Gasteiger partial charge in [0.25, 0.3) is 11.8 Å². The monoisotopic (exact) mass is 729 g/mol. The fourth-order valence-electron chi connectivity index (χ4n) is 8.36. The number of amides is 2. The molecule has 0 radical (unpaired) electrons. The summed E-state index contributed by atoms with van der Waals surface area (Å²) in [7, 11) is 2.68. The van der Waals surface area contributed by atoms with Crippen molar-refractivity contribution in [2.75, 3.05) is 88.3 Å². The molecule has 3 aromatic rings. The lowest BCUT2D eigenvalue weighted by atomic mass is 9.75. The van der Waals surface area contributed by atoms with E-state index < -0.39 is 15.6 Å². The molecular weight excluding hydrogens is 682 g/mol. The molecule has 0 unspecified atom stereocenters. The number of hydrogen-bond acceptors (Lipinski definition) is 7. The fourth-order valence-corrected chi connectivity index (χ4v) is 11.1. The van der Waals surface area contributed by atoms with Crippen molar-refractivity contribution < 1.29 is 19.1 Å². The Bertz CT molecular complexity index is 1840. The smallest absolute Gasteiger partial charge is 0.268 e. The molecule has 11 heteroatoms. The van der Waals surface area contributed by atoms with Gasteiger partial charge in [0, 0.05) is 95.2 Å². The van der Waals surface area contributed by atoms with Crippen molar-refractivity contribution >= 4 is 44.8 Å². The highest BCUT2D eigenvalue weighted by molar-refractivity contribution is 8.32. The highest BCUT2D eigenvalue weighted by atomic mass is 35.5. The third kappa shape index (κ3) is 5.96. The molecular formula is C40H48ClN5O4S. The van der Waals surface area contributed by atoms with Crippen LogP contribution >= 0.6 is 21.6 Å². The topological polar surface area (TPSA) is 98.1 Å². The molecule has 270 valence electrons. The third-order valence-corrected chi connectivity index (χ3v) is 14.3. The van der Waals surface area contributed by atoms with Gasteiger partial charge in [-0.1, -0.05) is 12.8 Å². The zero-order valence-electron chi connectivity index (χ0n) is 30.1. The normalized spacial score (nSPS) is 17.9. The summed E-state index contributed by atoms with van der Waals surface area (Å²) in [5.74, 6) is 0.118. The largest absolute Gasteiger partial charge is 0.379 e. The highest BCUT2D eigenvalue weighted by Gasteiger charge is 2.59. The van der Waals surface area contributed by atoms with Crippen LogP contribution in [0.15, 0.2) is 52.3 Å². The molecule has 0 saturated carbocycles. The number of benzene rings is 3. The predicted octanol–water partition coefficient (Wildman–Crippen LogP) is 6.26. The van der Waals surface area contributed by atoms with Crippen molar-refractivity contribution in [1.82, 2.24) is 10.2 Å². The van der Waals surface area contributed by atoms with E-state index in [2.05, 4.69) is 72.2 Å². The number of carbonyl (C=O) groups is 2. The SMILES string of the molecule is CN1CCc2cc3c(cc21)S(C)(C)c1cc2c(cc1C31c3cc(C(=O)NCCOCCOCCCCCCCl)ccc3C(=O)N1C#N)CCN2C. The predicted molar refractivity (Wildman–Crippen MR) is 204 cm³/mol. The van der Waals surface area contributed by atoms with Crippen LogP contribution in [-0.4, -0.2) is 95.3 Å². The molecule has 0 aliphatic carbocycles. The number of carbonyl (C=O) groups excluding carboxylic acids is 2. The summed E-state index contributed by atoms with van der Waals surface area (Å²) in [5, 5.41) is 13.9. The molecule has 0 aromatic heterocycles. The molecule has 4 aliphatic heterocycles. The second-order valence-electron chi connectivity index (χ2n) is 14.4. The first-order valence-electron chi connectivity index (χ1n) is 18.0. The molecule has 0 fully saturated rings. The first kappa shape index (κ1) is 35.6. The zero-order chi connectivity index (χ0) is 35.9. The van der Waals surface area contributed by atoms with Crippen LogP contribution in [0, 0.1) is 11.5 Å². The average molecular weight is 730 g/mol. The molecule has 0 atom stereocenters. The van der Waals surface area contributed by atoms with Crippen molar-refractivity contribution in [2.45, 2.75) is 53.9 Å². The molecule has 2 amide bonds. The molecule has 4 aliphatic rings. The minimum Gasteiger partial charge on any atom is -0.379 e. The van der Waals surface area contributed by atoms with Crippen LogP contribution in [-0.2, 0) is 27.9 Å². The molecule has 51 heavy (non-hydrogen) atoms. The van der Waals surface area contributed by atoms with Crippen LogP contribution in [0.3, 0.4) is 0 Å². The van der Waals surface area contributed by atoms with Crippen LogP contribution in [0.25, 0.3) is 0 Å². The van der Waals surface area contributed by atoms with Crippen molar-refractivity contribution in [1.29, 1.82) is 5.26 Å². The molecule has 1 N–H and O–H groups in total. The number of halogens is 1. The Morgan fingerprint density at radius 1 is 0.863 bits per heavy atom. The molecule has 1 spiro atoms. The van der Waals surface area contributed by atoms with Crippen molar-refractivity contribution in [3.63, 3.8) is 0 Å². The summed E-state index contributed by atoms with van der Waals surface area (Å²) in [6.07, 6.45) is 13.1. The van der Waals surface area contributed by atoms with Gasteiger partial charge in [0.05, 0.1) is 19.8 Å². The van der Waals surface area contributed by atoms with E-state index in [1.165, 1.54) is 37.2 Å². The number of hydrogen-bond donors (Lipinski definition) is 1. The number of unbranched alkanes of at least 4 members (excludes halogenated alkanes) is 3. The van der Waals surface area contributed by atoms with E-state index in [1.807, 2.05) is 6.07 Å². The Hall–Kier alpha value is -3.75. The zero-order valence-corrected chi connectivity index (χ0v) is 31.7. The van der Waals surface area contributed by atoms with Gasteiger partial charge in [-0.05, 0) is 91.8 Å². The quantitative estimate of drug-likeness (QED) is 0.126. The van der Waals surface area contributed by atoms with E-state index in [9.17, 15) is 14.9 Å². The van der Waals surface area contributed by atoms with Gasteiger partial charge < -0.3 is 24.6 Å². The number of fused-ring (bicyclic) bond motifs is 8. The number of nitrogens with zero attached hydrogens (tertiary/aromatic N) is 4. The Balaban J connectivity index is 1.21. The van der Waals surface area contributed by atoms with Gasteiger partial charge in [0.2, 0.25) is 0 Å². The van der Waals surface area contributed by atoms with Crippen molar-refractivity contribution in [2.24, 2.45) is 0 Å². The maximum absolute atomic E-state index is 14.3. The van der Waals surface area contributed by atoms with Crippen LogP contribution in [0.4, 0.5) is 11.4 Å². The summed E-state index contributed by atoms with van der Waals surface area (Å²) in [6.45, 7) is 4.22. The Kier molecular flexibility index (Phi) is 10.0. The van der Waals surface area contributed by atoms with Gasteiger partial charge >= 0.3 is 0 Å². The second-order valence-corrected chi connectivity index (χ2v) is 18.3. The lowest BCUT2D eigenvalue weighted by Crippen LogP contribution is -2.46. The molecule has 9 nitrogen and oxygen atoms in total. The molecule has 0 bridgehead atoms. The Morgan fingerprint density at radius 2 is 1.47 bits per heavy atom. The second kappa shape index (κ2) is 14.3. The van der Waals surface area contributed by atoms with Gasteiger partial charge in [-0.2, -0.15) is 15.3 Å². The molecule has 7 rings (SSSR count). The summed E-state index contributed by atoms with van der Waals surface area (Å²) in [5.41, 5.74) is 7.21. The van der Waals surface area contributed by atoms with Crippen molar-refractivity contribution in [3.8, 4) is 6.19 Å². The van der Waals surface area contributed by atoms with E-state index >= 15 is 0 Å². The summed E-state index contributed by atoms with van der Waals surface area (Å²) < 4.78 is 11.4. The van der Waals surface area contributed by atoms with Gasteiger partial charge in [0.1, 0.15) is 5.54 Å². The van der Waals surface area contributed by atoms with E-state index in [0.29, 0.717) is 55.5 Å². The van der Waals surface area contributed by atoms with Crippen LogP contribution in [0.1, 0.15) is 74.2 Å². The summed E-state index contributed by atoms with van der Waals surface area (Å²) in [6, 6.07) is 14.4. The third-order valence-electron chi connectivity index (χ3n) is 11.1. The molecule has 0 saturated heterocycles. The first-order chi connectivity index (χ1) is 24.6. The minimum absolute atomic E-state index is 0.249. The Labute approximate surface area is 308 Å². The lowest BCUT2D eigenvalue weighted by molar-refractivity contribution is 0.0468. The summed E-state index contributed by atoms with van der Waals surface area (Å²) in [4.78, 5) is 36.3. The van der Waals surface area contributed by atoms with Gasteiger partial charge in [-0.3, -0.25) is 9.59 Å². The lowest BCUT2D eigenvalue weighted by Gasteiger charge is -2.50. The van der Waals surface area contributed by atoms with Crippen molar-refractivity contribution in [3.05, 3.63) is 81.4 Å². The number of likely N-dealkylation sites (N-methyl/N-ethyl adjacent to an activating group) is 2. The number of rotatable bonds is 13. The van der Waals surface area contributed by atoms with Crippen LogP contribution in [0.2, 0.25) is 0 Å². The molecule has 4 heterocycles. The van der Waals surface area contributed by atoms with E-state index in [0.717, 1.165) is 62.7 Å². The first-order valence-corrected chi connectivity index (χ1v) is 21.0. The standard InChI is InChI=1S/C40H48ClN5O4S/c1-44-15-11-27-21-32-36(24-34(27)44)51(3,4)37-25-35-28(12-16-45(35)2)22-33(37)40(32)31-23-29(9-10-30(31)39(48)46(40)26-42)38(47)43-14-18-50-20-19-49-17-8-6-5-7-13-41/h9-10,21-25H,5-8,11-20H2,1-4H3,(H,43,47). The van der Waals surface area contributed by atoms with E-state index in [-0.39, 0.29) is 11.8 Å². The van der Waals surface area contributed by atoms with E-state index in [1.54, 1.807) is 12.1 Å². The number of anilines is 2. The minimum atomic E-state index is -1.57.